The van der Waals surface area contributed by atoms with Crippen molar-refractivity contribution in [2.75, 3.05) is 6.54 Å². The second-order valence-corrected chi connectivity index (χ2v) is 4.09. The Labute approximate surface area is 97.8 Å². The van der Waals surface area contributed by atoms with E-state index in [1.807, 2.05) is 0 Å². The summed E-state index contributed by atoms with van der Waals surface area (Å²) in [6, 6.07) is 0. The smallest absolute Gasteiger partial charge is 0.230 e. The summed E-state index contributed by atoms with van der Waals surface area (Å²) in [4.78, 5) is 0. The molecule has 0 unspecified atom stereocenters. The highest BCUT2D eigenvalue weighted by Crippen LogP contribution is 2.24. The van der Waals surface area contributed by atoms with Crippen LogP contribution >= 0.6 is 0 Å². The predicted octanol–water partition coefficient (Wildman–Crippen LogP) is 2.86. The molecule has 1 N–H and O–H groups in total. The summed E-state index contributed by atoms with van der Waals surface area (Å²) < 4.78 is 5.67. The molecule has 0 radical (unpaired) electrons. The van der Waals surface area contributed by atoms with Crippen LogP contribution in [0.25, 0.3) is 0 Å². The lowest BCUT2D eigenvalue weighted by Gasteiger charge is -2.09. The van der Waals surface area contributed by atoms with Crippen molar-refractivity contribution >= 4 is 0 Å². The van der Waals surface area contributed by atoms with Gasteiger partial charge in [0.2, 0.25) is 11.8 Å². The van der Waals surface area contributed by atoms with E-state index in [0.717, 1.165) is 38.1 Å². The lowest BCUT2D eigenvalue weighted by atomic mass is 9.98. The molecule has 1 aromatic rings. The topological polar surface area (TPSA) is 51.0 Å². The number of hydrogen-bond acceptors (Lipinski definition) is 4. The summed E-state index contributed by atoms with van der Waals surface area (Å²) in [6.07, 6.45) is 4.60. The Morgan fingerprint density at radius 2 is 1.81 bits per heavy atom. The molecule has 1 rings (SSSR count). The molecule has 0 amide bonds. The van der Waals surface area contributed by atoms with E-state index < -0.39 is 0 Å². The molecule has 4 nitrogen and oxygen atoms in total. The normalized spacial score (nSPS) is 11.2. The summed E-state index contributed by atoms with van der Waals surface area (Å²) in [7, 11) is 0. The van der Waals surface area contributed by atoms with Gasteiger partial charge in [-0.15, -0.1) is 10.2 Å². The molecule has 0 bridgehead atoms. The van der Waals surface area contributed by atoms with E-state index in [4.69, 9.17) is 4.42 Å². The van der Waals surface area contributed by atoms with Gasteiger partial charge in [-0.1, -0.05) is 33.6 Å². The number of aromatic nitrogens is 2. The Hall–Kier alpha value is -0.900. The summed E-state index contributed by atoms with van der Waals surface area (Å²) >= 11 is 0. The summed E-state index contributed by atoms with van der Waals surface area (Å²) in [5.74, 6) is 1.96. The maximum absolute atomic E-state index is 5.67. The highest BCUT2D eigenvalue weighted by molar-refractivity contribution is 4.91. The van der Waals surface area contributed by atoms with Gasteiger partial charge in [-0.2, -0.15) is 0 Å². The fourth-order valence-corrected chi connectivity index (χ4v) is 1.82. The van der Waals surface area contributed by atoms with Gasteiger partial charge in [-0.25, -0.2) is 0 Å². The van der Waals surface area contributed by atoms with Gasteiger partial charge in [0.05, 0.1) is 6.54 Å². The molecule has 0 saturated heterocycles. The largest absolute Gasteiger partial charge is 0.424 e. The molecule has 92 valence electrons. The van der Waals surface area contributed by atoms with Crippen molar-refractivity contribution in [1.82, 2.24) is 15.5 Å². The average molecular weight is 225 g/mol. The highest BCUT2D eigenvalue weighted by atomic mass is 16.4. The molecule has 1 aromatic heterocycles. The van der Waals surface area contributed by atoms with Gasteiger partial charge in [-0.05, 0) is 19.4 Å². The van der Waals surface area contributed by atoms with Crippen molar-refractivity contribution < 1.29 is 4.42 Å². The van der Waals surface area contributed by atoms with E-state index >= 15 is 0 Å². The van der Waals surface area contributed by atoms with Crippen molar-refractivity contribution in [2.45, 2.75) is 58.9 Å². The van der Waals surface area contributed by atoms with Crippen molar-refractivity contribution in [1.29, 1.82) is 0 Å². The fraction of sp³-hybridized carbons (Fsp3) is 0.833. The first kappa shape index (κ1) is 13.2. The second-order valence-electron chi connectivity index (χ2n) is 4.09. The van der Waals surface area contributed by atoms with Gasteiger partial charge in [0.15, 0.2) is 0 Å². The monoisotopic (exact) mass is 225 g/mol. The van der Waals surface area contributed by atoms with Gasteiger partial charge < -0.3 is 9.73 Å². The first-order valence-electron chi connectivity index (χ1n) is 6.34. The van der Waals surface area contributed by atoms with Gasteiger partial charge >= 0.3 is 0 Å². The highest BCUT2D eigenvalue weighted by Gasteiger charge is 2.16. The van der Waals surface area contributed by atoms with Crippen LogP contribution in [0.5, 0.6) is 0 Å². The fourth-order valence-electron chi connectivity index (χ4n) is 1.82. The van der Waals surface area contributed by atoms with E-state index in [-0.39, 0.29) is 0 Å². The summed E-state index contributed by atoms with van der Waals surface area (Å²) in [6.45, 7) is 8.05. The van der Waals surface area contributed by atoms with Gasteiger partial charge in [0.1, 0.15) is 0 Å². The summed E-state index contributed by atoms with van der Waals surface area (Å²) in [5.41, 5.74) is 0. The molecule has 0 aliphatic carbocycles. The molecule has 0 aliphatic rings. The first-order chi connectivity index (χ1) is 7.81. The standard InChI is InChI=1S/C12H23N3O/c1-4-7-10(8-5-2)12-15-14-11(16-12)9-13-6-3/h10,13H,4-9H2,1-3H3. The molecule has 0 saturated carbocycles. The lowest BCUT2D eigenvalue weighted by molar-refractivity contribution is 0.382. The molecular weight excluding hydrogens is 202 g/mol. The van der Waals surface area contributed by atoms with Gasteiger partial charge in [0, 0.05) is 5.92 Å². The van der Waals surface area contributed by atoms with Crippen LogP contribution in [-0.2, 0) is 6.54 Å². The number of nitrogens with one attached hydrogen (secondary N) is 1. The molecule has 1 heterocycles. The Balaban J connectivity index is 2.58. The van der Waals surface area contributed by atoms with Crippen molar-refractivity contribution in [3.63, 3.8) is 0 Å². The van der Waals surface area contributed by atoms with Crippen LogP contribution in [0.15, 0.2) is 4.42 Å². The average Bonchev–Trinajstić information content (AvgIpc) is 2.74. The third-order valence-corrected chi connectivity index (χ3v) is 2.63. The minimum Gasteiger partial charge on any atom is -0.424 e. The third-order valence-electron chi connectivity index (χ3n) is 2.63. The Bertz CT molecular complexity index is 280. The van der Waals surface area contributed by atoms with Crippen LogP contribution in [0.4, 0.5) is 0 Å². The maximum Gasteiger partial charge on any atom is 0.230 e. The summed E-state index contributed by atoms with van der Waals surface area (Å²) in [5, 5.41) is 11.4. The van der Waals surface area contributed by atoms with Crippen LogP contribution in [0.1, 0.15) is 64.2 Å². The van der Waals surface area contributed by atoms with Crippen LogP contribution < -0.4 is 5.32 Å². The van der Waals surface area contributed by atoms with E-state index in [0.29, 0.717) is 18.4 Å². The van der Waals surface area contributed by atoms with Gasteiger partial charge in [-0.3, -0.25) is 0 Å². The third kappa shape index (κ3) is 3.93. The number of hydrogen-bond donors (Lipinski definition) is 1. The van der Waals surface area contributed by atoms with Crippen molar-refractivity contribution in [3.05, 3.63) is 11.8 Å². The SMILES string of the molecule is CCCC(CCC)c1nnc(CNCC)o1. The zero-order valence-electron chi connectivity index (χ0n) is 10.6. The first-order valence-corrected chi connectivity index (χ1v) is 6.34. The van der Waals surface area contributed by atoms with E-state index in [2.05, 4.69) is 36.3 Å². The van der Waals surface area contributed by atoms with Crippen molar-refractivity contribution in [3.8, 4) is 0 Å². The minimum absolute atomic E-state index is 0.442. The van der Waals surface area contributed by atoms with E-state index in [1.165, 1.54) is 0 Å². The molecular formula is C12H23N3O. The van der Waals surface area contributed by atoms with Gasteiger partial charge in [0.25, 0.3) is 0 Å². The van der Waals surface area contributed by atoms with Crippen LogP contribution in [-0.4, -0.2) is 16.7 Å². The quantitative estimate of drug-likeness (QED) is 0.739. The molecule has 0 spiro atoms. The molecule has 0 aromatic carbocycles. The maximum atomic E-state index is 5.67. The molecule has 0 fully saturated rings. The number of nitrogens with zero attached hydrogens (tertiary/aromatic N) is 2. The lowest BCUT2D eigenvalue weighted by Crippen LogP contribution is -2.11. The van der Waals surface area contributed by atoms with E-state index in [1.54, 1.807) is 0 Å². The molecule has 16 heavy (non-hydrogen) atoms. The Kier molecular flexibility index (Phi) is 6.08. The number of rotatable bonds is 8. The van der Waals surface area contributed by atoms with Crippen molar-refractivity contribution in [2.24, 2.45) is 0 Å². The Morgan fingerprint density at radius 1 is 1.12 bits per heavy atom. The minimum atomic E-state index is 0.442. The zero-order chi connectivity index (χ0) is 11.8. The zero-order valence-corrected chi connectivity index (χ0v) is 10.6. The molecule has 0 aliphatic heterocycles. The molecule has 4 heteroatoms. The second kappa shape index (κ2) is 7.39. The predicted molar refractivity (Wildman–Crippen MR) is 64.2 cm³/mol. The molecule has 0 atom stereocenters. The van der Waals surface area contributed by atoms with Crippen LogP contribution in [0.3, 0.4) is 0 Å². The van der Waals surface area contributed by atoms with Crippen LogP contribution in [0, 0.1) is 0 Å². The van der Waals surface area contributed by atoms with E-state index in [9.17, 15) is 0 Å². The Morgan fingerprint density at radius 3 is 2.38 bits per heavy atom. The van der Waals surface area contributed by atoms with Crippen LogP contribution in [0.2, 0.25) is 0 Å².